The Balaban J connectivity index is 2.04. The van der Waals surface area contributed by atoms with Crippen molar-refractivity contribution in [1.29, 1.82) is 0 Å². The Morgan fingerprint density at radius 3 is 2.71 bits per heavy atom. The van der Waals surface area contributed by atoms with E-state index in [1.54, 1.807) is 6.92 Å². The smallest absolute Gasteiger partial charge is 0.308 e. The second-order valence-electron chi connectivity index (χ2n) is 4.19. The summed E-state index contributed by atoms with van der Waals surface area (Å²) >= 11 is 0. The van der Waals surface area contributed by atoms with Crippen LogP contribution in [0.2, 0.25) is 0 Å². The van der Waals surface area contributed by atoms with Crippen LogP contribution in [0.15, 0.2) is 0 Å². The Morgan fingerprint density at radius 1 is 1.41 bits per heavy atom. The molecule has 1 heterocycles. The fourth-order valence-electron chi connectivity index (χ4n) is 1.98. The lowest BCUT2D eigenvalue weighted by molar-refractivity contribution is -0.145. The number of rotatable bonds is 7. The predicted octanol–water partition coefficient (Wildman–Crippen LogP) is 0.413. The summed E-state index contributed by atoms with van der Waals surface area (Å²) in [7, 11) is 0. The number of esters is 1. The molecular formula is C12H23NO4. The summed E-state index contributed by atoms with van der Waals surface area (Å²) in [5, 5.41) is 8.81. The SMILES string of the molecule is CCOC(=O)CCOC1CCN(CCO)CC1. The van der Waals surface area contributed by atoms with Crippen molar-refractivity contribution in [3.8, 4) is 0 Å². The van der Waals surface area contributed by atoms with Gasteiger partial charge in [-0.05, 0) is 19.8 Å². The summed E-state index contributed by atoms with van der Waals surface area (Å²) in [5.41, 5.74) is 0. The molecule has 1 aliphatic heterocycles. The van der Waals surface area contributed by atoms with Crippen LogP contribution in [0.25, 0.3) is 0 Å². The fraction of sp³-hybridized carbons (Fsp3) is 0.917. The summed E-state index contributed by atoms with van der Waals surface area (Å²) in [6, 6.07) is 0. The molecule has 5 heteroatoms. The van der Waals surface area contributed by atoms with Crippen molar-refractivity contribution in [2.45, 2.75) is 32.3 Å². The molecule has 1 rings (SSSR count). The third-order valence-corrected chi connectivity index (χ3v) is 2.92. The lowest BCUT2D eigenvalue weighted by Crippen LogP contribution is -2.38. The van der Waals surface area contributed by atoms with Gasteiger partial charge >= 0.3 is 5.97 Å². The minimum atomic E-state index is -0.190. The molecule has 0 aromatic rings. The van der Waals surface area contributed by atoms with Crippen LogP contribution in [-0.2, 0) is 14.3 Å². The van der Waals surface area contributed by atoms with Gasteiger partial charge in [0, 0.05) is 19.6 Å². The van der Waals surface area contributed by atoms with Crippen LogP contribution in [0.5, 0.6) is 0 Å². The summed E-state index contributed by atoms with van der Waals surface area (Å²) < 4.78 is 10.5. The number of carbonyl (C=O) groups excluding carboxylic acids is 1. The Hall–Kier alpha value is -0.650. The highest BCUT2D eigenvalue weighted by Crippen LogP contribution is 2.13. The van der Waals surface area contributed by atoms with E-state index in [-0.39, 0.29) is 18.7 Å². The molecule has 0 aromatic heterocycles. The average Bonchev–Trinajstić information content (AvgIpc) is 2.32. The van der Waals surface area contributed by atoms with E-state index >= 15 is 0 Å². The van der Waals surface area contributed by atoms with Gasteiger partial charge in [-0.1, -0.05) is 0 Å². The number of hydrogen-bond acceptors (Lipinski definition) is 5. The highest BCUT2D eigenvalue weighted by atomic mass is 16.5. The minimum absolute atomic E-state index is 0.190. The second kappa shape index (κ2) is 8.44. The molecule has 0 saturated carbocycles. The van der Waals surface area contributed by atoms with Crippen LogP contribution >= 0.6 is 0 Å². The van der Waals surface area contributed by atoms with E-state index in [1.807, 2.05) is 0 Å². The molecule has 0 radical (unpaired) electrons. The highest BCUT2D eigenvalue weighted by Gasteiger charge is 2.19. The van der Waals surface area contributed by atoms with Gasteiger partial charge in [-0.25, -0.2) is 0 Å². The number of piperidine rings is 1. The quantitative estimate of drug-likeness (QED) is 0.658. The Kier molecular flexibility index (Phi) is 7.16. The van der Waals surface area contributed by atoms with Gasteiger partial charge in [0.1, 0.15) is 0 Å². The Morgan fingerprint density at radius 2 is 2.12 bits per heavy atom. The lowest BCUT2D eigenvalue weighted by atomic mass is 10.1. The first kappa shape index (κ1) is 14.4. The van der Waals surface area contributed by atoms with E-state index in [0.29, 0.717) is 19.6 Å². The molecule has 1 N–H and O–H groups in total. The first-order valence-corrected chi connectivity index (χ1v) is 6.36. The van der Waals surface area contributed by atoms with Gasteiger partial charge in [-0.15, -0.1) is 0 Å². The normalized spacial score (nSPS) is 18.2. The van der Waals surface area contributed by atoms with Crippen LogP contribution in [0, 0.1) is 0 Å². The molecule has 17 heavy (non-hydrogen) atoms. The zero-order valence-corrected chi connectivity index (χ0v) is 10.6. The van der Waals surface area contributed by atoms with Crippen LogP contribution < -0.4 is 0 Å². The molecule has 0 aliphatic carbocycles. The van der Waals surface area contributed by atoms with Gasteiger partial charge in [0.15, 0.2) is 0 Å². The predicted molar refractivity (Wildman–Crippen MR) is 63.7 cm³/mol. The topological polar surface area (TPSA) is 59.0 Å². The maximum Gasteiger partial charge on any atom is 0.308 e. The molecule has 0 amide bonds. The molecule has 1 fully saturated rings. The van der Waals surface area contributed by atoms with Gasteiger partial charge < -0.3 is 19.5 Å². The lowest BCUT2D eigenvalue weighted by Gasteiger charge is -2.31. The van der Waals surface area contributed by atoms with Crippen LogP contribution in [-0.4, -0.2) is 61.5 Å². The number of ether oxygens (including phenoxy) is 2. The van der Waals surface area contributed by atoms with Crippen molar-refractivity contribution >= 4 is 5.97 Å². The van der Waals surface area contributed by atoms with Crippen LogP contribution in [0.1, 0.15) is 26.2 Å². The average molecular weight is 245 g/mol. The van der Waals surface area contributed by atoms with Gasteiger partial charge in [0.25, 0.3) is 0 Å². The summed E-state index contributed by atoms with van der Waals surface area (Å²) in [6.45, 7) is 5.57. The molecule has 5 nitrogen and oxygen atoms in total. The molecule has 1 saturated heterocycles. The third kappa shape index (κ3) is 6.00. The van der Waals surface area contributed by atoms with E-state index < -0.39 is 0 Å². The largest absolute Gasteiger partial charge is 0.466 e. The van der Waals surface area contributed by atoms with E-state index in [9.17, 15) is 4.79 Å². The fourth-order valence-corrected chi connectivity index (χ4v) is 1.98. The van der Waals surface area contributed by atoms with Crippen molar-refractivity contribution < 1.29 is 19.4 Å². The van der Waals surface area contributed by atoms with Crippen LogP contribution in [0.4, 0.5) is 0 Å². The molecule has 100 valence electrons. The second-order valence-corrected chi connectivity index (χ2v) is 4.19. The summed E-state index contributed by atoms with van der Waals surface area (Å²) in [4.78, 5) is 13.3. The summed E-state index contributed by atoms with van der Waals surface area (Å²) in [5.74, 6) is -0.190. The zero-order valence-electron chi connectivity index (χ0n) is 10.6. The molecular weight excluding hydrogens is 222 g/mol. The molecule has 0 atom stereocenters. The Bertz CT molecular complexity index is 215. The number of nitrogens with zero attached hydrogens (tertiary/aromatic N) is 1. The van der Waals surface area contributed by atoms with Crippen molar-refractivity contribution in [2.75, 3.05) is 39.5 Å². The molecule has 0 spiro atoms. The van der Waals surface area contributed by atoms with Crippen molar-refractivity contribution in [3.63, 3.8) is 0 Å². The van der Waals surface area contributed by atoms with Crippen molar-refractivity contribution in [3.05, 3.63) is 0 Å². The standard InChI is InChI=1S/C12H23NO4/c1-2-16-12(15)5-10-17-11-3-6-13(7-4-11)8-9-14/h11,14H,2-10H2,1H3. The number of aliphatic hydroxyl groups is 1. The molecule has 0 aromatic carbocycles. The number of carbonyl (C=O) groups is 1. The monoisotopic (exact) mass is 245 g/mol. The first-order chi connectivity index (χ1) is 8.26. The van der Waals surface area contributed by atoms with E-state index in [0.717, 1.165) is 32.5 Å². The maximum absolute atomic E-state index is 11.1. The van der Waals surface area contributed by atoms with E-state index in [1.165, 1.54) is 0 Å². The van der Waals surface area contributed by atoms with Crippen molar-refractivity contribution in [1.82, 2.24) is 4.90 Å². The van der Waals surface area contributed by atoms with Gasteiger partial charge in [-0.2, -0.15) is 0 Å². The molecule has 1 aliphatic rings. The first-order valence-electron chi connectivity index (χ1n) is 6.36. The molecule has 0 bridgehead atoms. The Labute approximate surface area is 103 Å². The number of β-amino-alcohol motifs (C(OH)–C–C–N with tert-alkyl or cyclic N) is 1. The van der Waals surface area contributed by atoms with E-state index in [2.05, 4.69) is 4.90 Å². The van der Waals surface area contributed by atoms with Gasteiger partial charge in [0.2, 0.25) is 0 Å². The minimum Gasteiger partial charge on any atom is -0.466 e. The van der Waals surface area contributed by atoms with Gasteiger partial charge in [0.05, 0.1) is 32.3 Å². The number of hydrogen-bond donors (Lipinski definition) is 1. The van der Waals surface area contributed by atoms with E-state index in [4.69, 9.17) is 14.6 Å². The van der Waals surface area contributed by atoms with Crippen molar-refractivity contribution in [2.24, 2.45) is 0 Å². The van der Waals surface area contributed by atoms with Crippen LogP contribution in [0.3, 0.4) is 0 Å². The maximum atomic E-state index is 11.1. The molecule has 0 unspecified atom stereocenters. The number of likely N-dealkylation sites (tertiary alicyclic amines) is 1. The van der Waals surface area contributed by atoms with Gasteiger partial charge in [-0.3, -0.25) is 4.79 Å². The highest BCUT2D eigenvalue weighted by molar-refractivity contribution is 5.69. The zero-order chi connectivity index (χ0) is 12.5. The summed E-state index contributed by atoms with van der Waals surface area (Å²) in [6.07, 6.45) is 2.54. The third-order valence-electron chi connectivity index (χ3n) is 2.92. The number of aliphatic hydroxyl groups excluding tert-OH is 1.